The molecule has 2 N–H and O–H groups in total. The summed E-state index contributed by atoms with van der Waals surface area (Å²) in [6.07, 6.45) is -0.499. The third-order valence-electron chi connectivity index (χ3n) is 2.94. The molecule has 2 aromatic rings. The standard InChI is InChI=1S/C16H21NO2.H2S/c1-12(2)17-10-14(18)11-19-16-9-5-7-13-6-3-4-8-15(13)16;/h3-9,12,14,17-18H,10-11H2,1-2H3;1H2/t14-;/m0./s1. The quantitative estimate of drug-likeness (QED) is 0.860. The highest BCUT2D eigenvalue weighted by molar-refractivity contribution is 7.59. The van der Waals surface area contributed by atoms with Gasteiger partial charge >= 0.3 is 0 Å². The molecule has 0 aliphatic carbocycles. The Kier molecular flexibility index (Phi) is 6.85. The fourth-order valence-corrected chi connectivity index (χ4v) is 1.94. The van der Waals surface area contributed by atoms with Crippen LogP contribution in [-0.4, -0.2) is 30.4 Å². The van der Waals surface area contributed by atoms with Crippen LogP contribution >= 0.6 is 13.5 Å². The molecule has 0 aliphatic rings. The first kappa shape index (κ1) is 16.8. The van der Waals surface area contributed by atoms with Crippen molar-refractivity contribution in [3.8, 4) is 5.75 Å². The second-order valence-electron chi connectivity index (χ2n) is 5.01. The van der Waals surface area contributed by atoms with Crippen molar-refractivity contribution in [2.75, 3.05) is 13.2 Å². The number of nitrogens with one attached hydrogen (secondary N) is 1. The zero-order valence-corrected chi connectivity index (χ0v) is 13.0. The molecule has 0 saturated carbocycles. The lowest BCUT2D eigenvalue weighted by atomic mass is 10.1. The summed E-state index contributed by atoms with van der Waals surface area (Å²) in [5, 5.41) is 15.3. The van der Waals surface area contributed by atoms with Crippen molar-refractivity contribution in [3.05, 3.63) is 42.5 Å². The first-order chi connectivity index (χ1) is 9.16. The van der Waals surface area contributed by atoms with Crippen molar-refractivity contribution in [1.29, 1.82) is 0 Å². The molecule has 1 atom stereocenters. The molecule has 3 nitrogen and oxygen atoms in total. The summed E-state index contributed by atoms with van der Waals surface area (Å²) in [5.41, 5.74) is 0. The van der Waals surface area contributed by atoms with Crippen molar-refractivity contribution in [1.82, 2.24) is 5.32 Å². The maximum absolute atomic E-state index is 9.84. The van der Waals surface area contributed by atoms with Crippen LogP contribution < -0.4 is 10.1 Å². The van der Waals surface area contributed by atoms with Gasteiger partial charge in [0.1, 0.15) is 18.5 Å². The molecule has 4 heteroatoms. The zero-order chi connectivity index (χ0) is 13.7. The van der Waals surface area contributed by atoms with Crippen molar-refractivity contribution in [3.63, 3.8) is 0 Å². The normalized spacial score (nSPS) is 12.2. The van der Waals surface area contributed by atoms with Crippen molar-refractivity contribution < 1.29 is 9.84 Å². The highest BCUT2D eigenvalue weighted by atomic mass is 32.1. The zero-order valence-electron chi connectivity index (χ0n) is 12.0. The van der Waals surface area contributed by atoms with E-state index in [-0.39, 0.29) is 13.5 Å². The molecular formula is C16H23NO2S. The topological polar surface area (TPSA) is 41.5 Å². The Balaban J connectivity index is 0.00000200. The molecule has 20 heavy (non-hydrogen) atoms. The Morgan fingerprint density at radius 1 is 1.10 bits per heavy atom. The lowest BCUT2D eigenvalue weighted by molar-refractivity contribution is 0.105. The van der Waals surface area contributed by atoms with E-state index in [4.69, 9.17) is 4.74 Å². The van der Waals surface area contributed by atoms with Gasteiger partial charge in [-0.15, -0.1) is 0 Å². The number of rotatable bonds is 6. The average Bonchev–Trinajstić information content (AvgIpc) is 2.42. The monoisotopic (exact) mass is 293 g/mol. The minimum absolute atomic E-state index is 0. The molecule has 0 heterocycles. The van der Waals surface area contributed by atoms with Crippen LogP contribution in [0.4, 0.5) is 0 Å². The van der Waals surface area contributed by atoms with E-state index in [0.717, 1.165) is 16.5 Å². The van der Waals surface area contributed by atoms with Gasteiger partial charge in [0, 0.05) is 18.0 Å². The second-order valence-corrected chi connectivity index (χ2v) is 5.01. The number of hydrogen-bond donors (Lipinski definition) is 2. The lowest BCUT2D eigenvalue weighted by Crippen LogP contribution is -2.35. The Hall–Kier alpha value is -1.23. The van der Waals surface area contributed by atoms with Gasteiger partial charge in [-0.25, -0.2) is 0 Å². The molecule has 0 fully saturated rings. The van der Waals surface area contributed by atoms with E-state index in [1.165, 1.54) is 0 Å². The predicted molar refractivity (Wildman–Crippen MR) is 89.0 cm³/mol. The third-order valence-corrected chi connectivity index (χ3v) is 2.94. The Labute approximate surface area is 127 Å². The second kappa shape index (κ2) is 8.15. The third kappa shape index (κ3) is 4.71. The Morgan fingerprint density at radius 2 is 1.80 bits per heavy atom. The van der Waals surface area contributed by atoms with Crippen LogP contribution in [0.15, 0.2) is 42.5 Å². The van der Waals surface area contributed by atoms with Gasteiger partial charge in [0.05, 0.1) is 0 Å². The van der Waals surface area contributed by atoms with Gasteiger partial charge < -0.3 is 15.2 Å². The van der Waals surface area contributed by atoms with E-state index in [1.54, 1.807) is 0 Å². The minimum Gasteiger partial charge on any atom is -0.490 e. The number of aliphatic hydroxyl groups excluding tert-OH is 1. The summed E-state index contributed by atoms with van der Waals surface area (Å²) < 4.78 is 5.72. The number of aliphatic hydroxyl groups is 1. The van der Waals surface area contributed by atoms with Crippen molar-refractivity contribution >= 4 is 24.3 Å². The number of fused-ring (bicyclic) bond motifs is 1. The minimum atomic E-state index is -0.499. The molecule has 0 radical (unpaired) electrons. The summed E-state index contributed by atoms with van der Waals surface area (Å²) in [6.45, 7) is 4.95. The number of hydrogen-bond acceptors (Lipinski definition) is 3. The first-order valence-corrected chi connectivity index (χ1v) is 6.69. The molecule has 0 amide bonds. The van der Waals surface area contributed by atoms with E-state index < -0.39 is 6.10 Å². The highest BCUT2D eigenvalue weighted by Crippen LogP contribution is 2.25. The highest BCUT2D eigenvalue weighted by Gasteiger charge is 2.07. The molecule has 2 rings (SSSR count). The fourth-order valence-electron chi connectivity index (χ4n) is 1.94. The van der Waals surface area contributed by atoms with Gasteiger partial charge in [0.25, 0.3) is 0 Å². The van der Waals surface area contributed by atoms with Crippen molar-refractivity contribution in [2.45, 2.75) is 26.0 Å². The van der Waals surface area contributed by atoms with Gasteiger partial charge in [-0.05, 0) is 11.5 Å². The van der Waals surface area contributed by atoms with Gasteiger partial charge in [-0.1, -0.05) is 50.2 Å². The molecule has 0 bridgehead atoms. The molecule has 0 spiro atoms. The number of ether oxygens (including phenoxy) is 1. The van der Waals surface area contributed by atoms with Crippen molar-refractivity contribution in [2.24, 2.45) is 0 Å². The summed E-state index contributed by atoms with van der Waals surface area (Å²) in [4.78, 5) is 0. The van der Waals surface area contributed by atoms with Crippen LogP contribution in [-0.2, 0) is 0 Å². The fraction of sp³-hybridized carbons (Fsp3) is 0.375. The summed E-state index contributed by atoms with van der Waals surface area (Å²) in [5.74, 6) is 0.821. The van der Waals surface area contributed by atoms with Crippen LogP contribution in [0.5, 0.6) is 5.75 Å². The van der Waals surface area contributed by atoms with E-state index in [2.05, 4.69) is 31.3 Å². The first-order valence-electron chi connectivity index (χ1n) is 6.69. The van der Waals surface area contributed by atoms with E-state index in [1.807, 2.05) is 30.3 Å². The predicted octanol–water partition coefficient (Wildman–Crippen LogP) is 2.69. The molecular weight excluding hydrogens is 270 g/mol. The van der Waals surface area contributed by atoms with Gasteiger partial charge in [-0.2, -0.15) is 13.5 Å². The average molecular weight is 293 g/mol. The largest absolute Gasteiger partial charge is 0.490 e. The smallest absolute Gasteiger partial charge is 0.127 e. The maximum Gasteiger partial charge on any atom is 0.127 e. The molecule has 2 aromatic carbocycles. The molecule has 110 valence electrons. The maximum atomic E-state index is 9.84. The molecule has 0 aromatic heterocycles. The SMILES string of the molecule is CC(C)NC[C@H](O)COc1cccc2ccccc12.S. The van der Waals surface area contributed by atoms with Crippen LogP contribution in [0.3, 0.4) is 0 Å². The van der Waals surface area contributed by atoms with E-state index in [0.29, 0.717) is 19.2 Å². The molecule has 0 saturated heterocycles. The lowest BCUT2D eigenvalue weighted by Gasteiger charge is -2.15. The Morgan fingerprint density at radius 3 is 2.55 bits per heavy atom. The van der Waals surface area contributed by atoms with Crippen LogP contribution in [0.1, 0.15) is 13.8 Å². The van der Waals surface area contributed by atoms with Crippen LogP contribution in [0.25, 0.3) is 10.8 Å². The van der Waals surface area contributed by atoms with Crippen LogP contribution in [0, 0.1) is 0 Å². The summed E-state index contributed by atoms with van der Waals surface area (Å²) >= 11 is 0. The Bertz CT molecular complexity index is 525. The van der Waals surface area contributed by atoms with Gasteiger partial charge in [-0.3, -0.25) is 0 Å². The van der Waals surface area contributed by atoms with E-state index >= 15 is 0 Å². The van der Waals surface area contributed by atoms with Crippen LogP contribution in [0.2, 0.25) is 0 Å². The molecule has 0 aliphatic heterocycles. The molecule has 0 unspecified atom stereocenters. The number of benzene rings is 2. The summed E-state index contributed by atoms with van der Waals surface area (Å²) in [7, 11) is 0. The van der Waals surface area contributed by atoms with E-state index in [9.17, 15) is 5.11 Å². The summed E-state index contributed by atoms with van der Waals surface area (Å²) in [6, 6.07) is 14.4. The van der Waals surface area contributed by atoms with Gasteiger partial charge in [0.15, 0.2) is 0 Å². The van der Waals surface area contributed by atoms with Gasteiger partial charge in [0.2, 0.25) is 0 Å².